The van der Waals surface area contributed by atoms with E-state index in [1.165, 1.54) is 36.1 Å². The van der Waals surface area contributed by atoms with E-state index in [9.17, 15) is 32.9 Å². The molecular formula is C21H19N3O7S. The van der Waals surface area contributed by atoms with Crippen molar-refractivity contribution >= 4 is 38.9 Å². The molecule has 0 fully saturated rings. The van der Waals surface area contributed by atoms with Crippen molar-refractivity contribution in [1.82, 2.24) is 4.90 Å². The van der Waals surface area contributed by atoms with Gasteiger partial charge in [0, 0.05) is 24.6 Å². The molecular weight excluding hydrogens is 438 g/mol. The first-order valence-electron chi connectivity index (χ1n) is 9.82. The molecule has 10 nitrogen and oxygen atoms in total. The van der Waals surface area contributed by atoms with Gasteiger partial charge in [0.25, 0.3) is 17.5 Å². The number of benzene rings is 2. The minimum Gasteiger partial charge on any atom is -0.310 e. The minimum absolute atomic E-state index is 0.110. The molecule has 166 valence electrons. The molecule has 0 aromatic heterocycles. The summed E-state index contributed by atoms with van der Waals surface area (Å²) in [6.07, 6.45) is 2.26. The fraction of sp³-hybridized carbons (Fsp3) is 0.286. The number of hydrogen-bond acceptors (Lipinski definition) is 7. The molecule has 32 heavy (non-hydrogen) atoms. The van der Waals surface area contributed by atoms with E-state index in [2.05, 4.69) is 0 Å². The number of anilines is 1. The monoisotopic (exact) mass is 457 g/mol. The number of aryl methyl sites for hydroxylation is 1. The number of nitrogens with zero attached hydrogens (tertiary/aromatic N) is 3. The topological polar surface area (TPSA) is 135 Å². The van der Waals surface area contributed by atoms with Crippen LogP contribution >= 0.6 is 0 Å². The van der Waals surface area contributed by atoms with E-state index in [1.54, 1.807) is 6.07 Å². The van der Waals surface area contributed by atoms with Gasteiger partial charge in [-0.1, -0.05) is 6.07 Å². The number of nitro groups is 1. The fourth-order valence-corrected chi connectivity index (χ4v) is 4.83. The Morgan fingerprint density at radius 1 is 1.16 bits per heavy atom. The maximum atomic E-state index is 13.3. The van der Waals surface area contributed by atoms with E-state index >= 15 is 0 Å². The summed E-state index contributed by atoms with van der Waals surface area (Å²) < 4.78 is 23.7. The summed E-state index contributed by atoms with van der Waals surface area (Å²) in [4.78, 5) is 52.0. The van der Waals surface area contributed by atoms with Gasteiger partial charge in [-0.2, -0.15) is 0 Å². The van der Waals surface area contributed by atoms with E-state index in [0.29, 0.717) is 30.6 Å². The van der Waals surface area contributed by atoms with E-state index < -0.39 is 44.2 Å². The number of hydrogen-bond donors (Lipinski definition) is 0. The van der Waals surface area contributed by atoms with E-state index in [-0.39, 0.29) is 16.0 Å². The van der Waals surface area contributed by atoms with Crippen molar-refractivity contribution in [3.8, 4) is 0 Å². The Morgan fingerprint density at radius 2 is 1.88 bits per heavy atom. The van der Waals surface area contributed by atoms with Gasteiger partial charge < -0.3 is 4.90 Å². The van der Waals surface area contributed by atoms with Crippen LogP contribution in [0.5, 0.6) is 0 Å². The lowest BCUT2D eigenvalue weighted by Crippen LogP contribution is -2.50. The second kappa shape index (κ2) is 7.52. The van der Waals surface area contributed by atoms with Crippen molar-refractivity contribution in [2.45, 2.75) is 30.7 Å². The molecule has 11 heteroatoms. The first-order chi connectivity index (χ1) is 15.0. The highest BCUT2D eigenvalue weighted by molar-refractivity contribution is 7.90. The molecule has 1 atom stereocenters. The van der Waals surface area contributed by atoms with E-state index in [0.717, 1.165) is 17.2 Å². The van der Waals surface area contributed by atoms with E-state index in [4.69, 9.17) is 0 Å². The van der Waals surface area contributed by atoms with Crippen LogP contribution in [0.4, 0.5) is 11.4 Å². The van der Waals surface area contributed by atoms with Crippen LogP contribution in [0, 0.1) is 10.1 Å². The molecule has 2 heterocycles. The average Bonchev–Trinajstić information content (AvgIpc) is 3.01. The number of rotatable bonds is 4. The highest BCUT2D eigenvalue weighted by Crippen LogP contribution is 2.34. The zero-order valence-corrected chi connectivity index (χ0v) is 18.1. The molecule has 0 radical (unpaired) electrons. The minimum atomic E-state index is -3.42. The predicted octanol–water partition coefficient (Wildman–Crippen LogP) is 1.96. The number of imide groups is 1. The molecule has 0 aliphatic carbocycles. The third-order valence-corrected chi connectivity index (χ3v) is 6.84. The van der Waals surface area contributed by atoms with Crippen LogP contribution in [0.3, 0.4) is 0 Å². The summed E-state index contributed by atoms with van der Waals surface area (Å²) in [6.45, 7) is 1.73. The number of fused-ring (bicyclic) bond motifs is 2. The Kier molecular flexibility index (Phi) is 5.08. The zero-order chi connectivity index (χ0) is 23.4. The standard InChI is InChI=1S/C21H19N3O7S/c1-12(23-20(26)15-6-3-7-17(24(28)29)18(15)21(23)27)19(25)22-10-4-5-13-11-14(32(2,30)31)8-9-16(13)22/h3,6-9,11-12H,4-5,10H2,1-2H3. The van der Waals surface area contributed by atoms with Crippen molar-refractivity contribution < 1.29 is 27.7 Å². The Labute approximate surface area is 183 Å². The van der Waals surface area contributed by atoms with Crippen molar-refractivity contribution in [2.75, 3.05) is 17.7 Å². The second-order valence-corrected chi connectivity index (χ2v) is 9.78. The van der Waals surface area contributed by atoms with Crippen LogP contribution in [-0.2, 0) is 21.1 Å². The maximum absolute atomic E-state index is 13.3. The third-order valence-electron chi connectivity index (χ3n) is 5.73. The molecule has 2 aromatic rings. The van der Waals surface area contributed by atoms with Gasteiger partial charge in [-0.25, -0.2) is 8.42 Å². The smallest absolute Gasteiger partial charge is 0.282 e. The number of carbonyl (C=O) groups excluding carboxylic acids is 3. The highest BCUT2D eigenvalue weighted by atomic mass is 32.2. The summed E-state index contributed by atoms with van der Waals surface area (Å²) in [6, 6.07) is 7.06. The third kappa shape index (κ3) is 3.34. The lowest BCUT2D eigenvalue weighted by molar-refractivity contribution is -0.385. The molecule has 2 aliphatic rings. The summed E-state index contributed by atoms with van der Waals surface area (Å²) in [5, 5.41) is 11.3. The summed E-state index contributed by atoms with van der Waals surface area (Å²) in [5.41, 5.74) is 0.278. The molecule has 0 spiro atoms. The van der Waals surface area contributed by atoms with Gasteiger partial charge in [0.2, 0.25) is 5.91 Å². The lowest BCUT2D eigenvalue weighted by atomic mass is 10.0. The van der Waals surface area contributed by atoms with Gasteiger partial charge in [-0.3, -0.25) is 29.4 Å². The number of sulfone groups is 1. The molecule has 0 saturated heterocycles. The quantitative estimate of drug-likeness (QED) is 0.389. The largest absolute Gasteiger partial charge is 0.310 e. The van der Waals surface area contributed by atoms with Gasteiger partial charge in [-0.05, 0) is 49.6 Å². The van der Waals surface area contributed by atoms with Crippen LogP contribution in [0.25, 0.3) is 0 Å². The average molecular weight is 457 g/mol. The summed E-state index contributed by atoms with van der Waals surface area (Å²) in [7, 11) is -3.42. The van der Waals surface area contributed by atoms with Crippen LogP contribution in [0.1, 0.15) is 39.6 Å². The highest BCUT2D eigenvalue weighted by Gasteiger charge is 2.46. The summed E-state index contributed by atoms with van der Waals surface area (Å²) >= 11 is 0. The zero-order valence-electron chi connectivity index (χ0n) is 17.3. The van der Waals surface area contributed by atoms with Crippen LogP contribution in [-0.4, -0.2) is 54.8 Å². The molecule has 0 bridgehead atoms. The van der Waals surface area contributed by atoms with Crippen LogP contribution < -0.4 is 4.90 Å². The first-order valence-corrected chi connectivity index (χ1v) is 11.7. The number of nitro benzene ring substituents is 1. The first kappa shape index (κ1) is 21.6. The Morgan fingerprint density at radius 3 is 2.53 bits per heavy atom. The van der Waals surface area contributed by atoms with Gasteiger partial charge >= 0.3 is 0 Å². The maximum Gasteiger partial charge on any atom is 0.282 e. The second-order valence-electron chi connectivity index (χ2n) is 7.77. The van der Waals surface area contributed by atoms with Gasteiger partial charge in [0.15, 0.2) is 9.84 Å². The molecule has 0 saturated carbocycles. The molecule has 2 aliphatic heterocycles. The molecule has 4 rings (SSSR count). The molecule has 1 unspecified atom stereocenters. The SMILES string of the molecule is CC(C(=O)N1CCCc2cc(S(C)(=O)=O)ccc21)N1C(=O)c2cccc([N+](=O)[O-])c2C1=O. The van der Waals surface area contributed by atoms with Crippen LogP contribution in [0.2, 0.25) is 0 Å². The summed E-state index contributed by atoms with van der Waals surface area (Å²) in [5.74, 6) is -2.18. The molecule has 2 aromatic carbocycles. The van der Waals surface area contributed by atoms with Crippen molar-refractivity contribution in [2.24, 2.45) is 0 Å². The predicted molar refractivity (Wildman–Crippen MR) is 113 cm³/mol. The van der Waals surface area contributed by atoms with Crippen LogP contribution in [0.15, 0.2) is 41.3 Å². The lowest BCUT2D eigenvalue weighted by Gasteiger charge is -2.33. The van der Waals surface area contributed by atoms with Crippen molar-refractivity contribution in [1.29, 1.82) is 0 Å². The Balaban J connectivity index is 1.67. The Hall–Kier alpha value is -3.60. The van der Waals surface area contributed by atoms with Gasteiger partial charge in [-0.15, -0.1) is 0 Å². The molecule has 0 N–H and O–H groups in total. The van der Waals surface area contributed by atoms with Crippen molar-refractivity contribution in [3.05, 3.63) is 63.2 Å². The Bertz CT molecular complexity index is 1300. The normalized spacial score (nSPS) is 16.6. The van der Waals surface area contributed by atoms with Gasteiger partial charge in [0.1, 0.15) is 11.6 Å². The van der Waals surface area contributed by atoms with E-state index in [1.807, 2.05) is 0 Å². The van der Waals surface area contributed by atoms with Gasteiger partial charge in [0.05, 0.1) is 15.4 Å². The fourth-order valence-electron chi connectivity index (χ4n) is 4.16. The number of amides is 3. The van der Waals surface area contributed by atoms with Crippen molar-refractivity contribution in [3.63, 3.8) is 0 Å². The molecule has 3 amide bonds. The number of carbonyl (C=O) groups is 3.